The fourth-order valence-electron chi connectivity index (χ4n) is 6.28. The maximum Gasteiger partial charge on any atom is 0.247 e. The first-order valence-electron chi connectivity index (χ1n) is 16.0. The van der Waals surface area contributed by atoms with Crippen molar-refractivity contribution in [3.63, 3.8) is 0 Å². The van der Waals surface area contributed by atoms with E-state index in [1.807, 2.05) is 67.5 Å². The number of likely N-dealkylation sites (tertiary alicyclic amines) is 1. The van der Waals surface area contributed by atoms with Crippen molar-refractivity contribution >= 4 is 29.7 Å². The molecule has 11 nitrogen and oxygen atoms in total. The lowest BCUT2D eigenvalue weighted by Crippen LogP contribution is -2.62. The summed E-state index contributed by atoms with van der Waals surface area (Å²) < 4.78 is 11.9. The molecule has 1 aromatic rings. The molecule has 4 amide bonds. The first-order chi connectivity index (χ1) is 21.1. The molecule has 0 radical (unpaired) electrons. The number of hydrogen-bond donors (Lipinski definition) is 3. The lowest BCUT2D eigenvalue weighted by Gasteiger charge is -2.38. The van der Waals surface area contributed by atoms with E-state index in [0.29, 0.717) is 36.3 Å². The van der Waals surface area contributed by atoms with Gasteiger partial charge in [0.15, 0.2) is 0 Å². The first kappa shape index (κ1) is 35.9. The Morgan fingerprint density at radius 1 is 1.13 bits per heavy atom. The van der Waals surface area contributed by atoms with Crippen molar-refractivity contribution in [2.24, 2.45) is 17.3 Å². The Bertz CT molecular complexity index is 1260. The normalized spacial score (nSPS) is 23.9. The second kappa shape index (κ2) is 15.1. The maximum atomic E-state index is 14.4. The van der Waals surface area contributed by atoms with Gasteiger partial charge in [-0.15, -0.1) is 0 Å². The van der Waals surface area contributed by atoms with Crippen LogP contribution in [-0.4, -0.2) is 91.4 Å². The molecule has 1 aromatic carbocycles. The largest absolute Gasteiger partial charge is 0.496 e. The van der Waals surface area contributed by atoms with E-state index >= 15 is 0 Å². The molecule has 3 N–H and O–H groups in total. The Hall–Kier alpha value is -3.60. The van der Waals surface area contributed by atoms with E-state index in [0.717, 1.165) is 0 Å². The molecule has 0 spiro atoms. The van der Waals surface area contributed by atoms with Gasteiger partial charge in [0.25, 0.3) is 0 Å². The molecule has 2 aliphatic rings. The number of carbonyl (C=O) groups is 4. The van der Waals surface area contributed by atoms with E-state index in [1.54, 1.807) is 31.4 Å². The van der Waals surface area contributed by atoms with Crippen LogP contribution in [0, 0.1) is 17.3 Å². The molecule has 45 heavy (non-hydrogen) atoms. The van der Waals surface area contributed by atoms with Crippen molar-refractivity contribution in [3.05, 3.63) is 30.0 Å². The summed E-state index contributed by atoms with van der Waals surface area (Å²) in [6.07, 6.45) is 4.24. The highest BCUT2D eigenvalue weighted by Crippen LogP contribution is 2.31. The minimum absolute atomic E-state index is 0.180. The minimum Gasteiger partial charge on any atom is -0.496 e. The standard InChI is InChI=1S/C34H53N5O6/c1-11-20(3)26-30(40)35-17-15-22-19-23(13-14-24(22)44-10)45-25-16-18-39(28(25)31(41)36-26)33(43)27(21(4)12-2)37-32(42)29(38(8)9)34(5,6)7/h13-15,17,19-21,25-29H,11-12,16,18H2,1-10H3,(H,35,40)(H,36,41)(H,37,42)/b17-15+/t20-,21-,25-,26+,27-,28-,29+/m0/s1. The van der Waals surface area contributed by atoms with Gasteiger partial charge in [-0.1, -0.05) is 61.3 Å². The van der Waals surface area contributed by atoms with Crippen LogP contribution in [0.1, 0.15) is 73.3 Å². The molecule has 250 valence electrons. The van der Waals surface area contributed by atoms with Gasteiger partial charge in [0.05, 0.1) is 13.2 Å². The summed E-state index contributed by atoms with van der Waals surface area (Å²) in [6, 6.07) is 2.10. The van der Waals surface area contributed by atoms with Crippen molar-refractivity contribution < 1.29 is 28.7 Å². The van der Waals surface area contributed by atoms with Gasteiger partial charge < -0.3 is 30.3 Å². The van der Waals surface area contributed by atoms with E-state index in [4.69, 9.17) is 9.47 Å². The Morgan fingerprint density at radius 3 is 2.40 bits per heavy atom. The molecule has 2 bridgehead atoms. The number of benzene rings is 1. The van der Waals surface area contributed by atoms with Crippen LogP contribution < -0.4 is 25.4 Å². The number of nitrogens with zero attached hydrogens (tertiary/aromatic N) is 2. The third kappa shape index (κ3) is 8.36. The zero-order valence-electron chi connectivity index (χ0n) is 28.6. The van der Waals surface area contributed by atoms with Crippen LogP contribution in [0.3, 0.4) is 0 Å². The van der Waals surface area contributed by atoms with Crippen molar-refractivity contribution in [2.45, 2.75) is 98.0 Å². The number of amides is 4. The molecule has 3 rings (SSSR count). The fourth-order valence-corrected chi connectivity index (χ4v) is 6.28. The van der Waals surface area contributed by atoms with E-state index in [-0.39, 0.29) is 41.5 Å². The molecule has 1 fully saturated rings. The summed E-state index contributed by atoms with van der Waals surface area (Å²) in [6.45, 7) is 14.0. The Balaban J connectivity index is 2.05. The minimum atomic E-state index is -1.02. The summed E-state index contributed by atoms with van der Waals surface area (Å²) in [7, 11) is 5.26. The van der Waals surface area contributed by atoms with Crippen LogP contribution in [0.25, 0.3) is 6.08 Å². The predicted molar refractivity (Wildman–Crippen MR) is 174 cm³/mol. The zero-order chi connectivity index (χ0) is 33.6. The molecule has 0 aromatic heterocycles. The van der Waals surface area contributed by atoms with Gasteiger partial charge in [0.1, 0.15) is 35.7 Å². The summed E-state index contributed by atoms with van der Waals surface area (Å²) in [5.74, 6) is -0.713. The number of ether oxygens (including phenoxy) is 2. The van der Waals surface area contributed by atoms with Gasteiger partial charge in [0.2, 0.25) is 23.6 Å². The SMILES string of the molecule is CC[C@H](C)[C@H](NC(=O)[C@@H](N(C)C)C(C)(C)C)C(=O)N1CC[C@@H]2Oc3ccc(OC)c(c3)/C=C/NC(=O)[C@@H]([C@@H](C)CC)NC(=O)[C@H]21. The molecule has 11 heteroatoms. The first-order valence-corrected chi connectivity index (χ1v) is 16.0. The van der Waals surface area contributed by atoms with Crippen molar-refractivity contribution in [2.75, 3.05) is 27.7 Å². The van der Waals surface area contributed by atoms with Gasteiger partial charge >= 0.3 is 0 Å². The van der Waals surface area contributed by atoms with Crippen LogP contribution >= 0.6 is 0 Å². The highest BCUT2D eigenvalue weighted by atomic mass is 16.5. The Labute approximate surface area is 268 Å². The van der Waals surface area contributed by atoms with Crippen LogP contribution in [0.5, 0.6) is 11.5 Å². The second-order valence-corrected chi connectivity index (χ2v) is 13.6. The zero-order valence-corrected chi connectivity index (χ0v) is 28.6. The molecular formula is C34H53N5O6. The van der Waals surface area contributed by atoms with E-state index in [1.165, 1.54) is 11.1 Å². The highest BCUT2D eigenvalue weighted by molar-refractivity contribution is 5.96. The van der Waals surface area contributed by atoms with Crippen LogP contribution in [-0.2, 0) is 19.2 Å². The summed E-state index contributed by atoms with van der Waals surface area (Å²) in [4.78, 5) is 58.9. The molecule has 2 aliphatic heterocycles. The lowest BCUT2D eigenvalue weighted by molar-refractivity contribution is -0.145. The van der Waals surface area contributed by atoms with Crippen molar-refractivity contribution in [3.8, 4) is 11.5 Å². The molecule has 1 saturated heterocycles. The highest BCUT2D eigenvalue weighted by Gasteiger charge is 2.47. The quantitative estimate of drug-likeness (QED) is 0.384. The van der Waals surface area contributed by atoms with Crippen LogP contribution in [0.4, 0.5) is 0 Å². The van der Waals surface area contributed by atoms with Gasteiger partial charge in [-0.3, -0.25) is 24.1 Å². The van der Waals surface area contributed by atoms with Gasteiger partial charge in [-0.05, 0) is 55.6 Å². The number of nitrogens with one attached hydrogen (secondary N) is 3. The maximum absolute atomic E-state index is 14.4. The number of hydrogen-bond acceptors (Lipinski definition) is 7. The Morgan fingerprint density at radius 2 is 1.82 bits per heavy atom. The number of rotatable bonds is 9. The number of fused-ring (bicyclic) bond motifs is 3. The van der Waals surface area contributed by atoms with E-state index in [2.05, 4.69) is 16.0 Å². The average molecular weight is 628 g/mol. The average Bonchev–Trinajstić information content (AvgIpc) is 3.39. The monoisotopic (exact) mass is 627 g/mol. The Kier molecular flexibility index (Phi) is 12.1. The topological polar surface area (TPSA) is 129 Å². The van der Waals surface area contributed by atoms with Crippen molar-refractivity contribution in [1.82, 2.24) is 25.8 Å². The van der Waals surface area contributed by atoms with Gasteiger partial charge in [-0.25, -0.2) is 0 Å². The second-order valence-electron chi connectivity index (χ2n) is 13.6. The summed E-state index contributed by atoms with van der Waals surface area (Å²) in [5.41, 5.74) is 0.303. The third-order valence-corrected chi connectivity index (χ3v) is 9.03. The number of carbonyl (C=O) groups excluding carboxylic acids is 4. The predicted octanol–water partition coefficient (Wildman–Crippen LogP) is 3.18. The summed E-state index contributed by atoms with van der Waals surface area (Å²) in [5, 5.41) is 8.78. The molecular weight excluding hydrogens is 574 g/mol. The smallest absolute Gasteiger partial charge is 0.247 e. The van der Waals surface area contributed by atoms with Gasteiger partial charge in [-0.2, -0.15) is 0 Å². The fraction of sp³-hybridized carbons (Fsp3) is 0.647. The van der Waals surface area contributed by atoms with Gasteiger partial charge in [0, 0.05) is 24.7 Å². The molecule has 0 aliphatic carbocycles. The third-order valence-electron chi connectivity index (χ3n) is 9.03. The molecule has 7 atom stereocenters. The molecule has 0 saturated carbocycles. The van der Waals surface area contributed by atoms with E-state index < -0.39 is 36.2 Å². The van der Waals surface area contributed by atoms with E-state index in [9.17, 15) is 19.2 Å². The summed E-state index contributed by atoms with van der Waals surface area (Å²) >= 11 is 0. The molecule has 0 unspecified atom stereocenters. The van der Waals surface area contributed by atoms with Crippen LogP contribution in [0.15, 0.2) is 24.4 Å². The lowest BCUT2D eigenvalue weighted by atomic mass is 9.85. The number of methoxy groups -OCH3 is 1. The van der Waals surface area contributed by atoms with Crippen molar-refractivity contribution in [1.29, 1.82) is 0 Å². The molecule has 2 heterocycles. The van der Waals surface area contributed by atoms with Crippen LogP contribution in [0.2, 0.25) is 0 Å². The number of likely N-dealkylation sites (N-methyl/N-ethyl adjacent to an activating group) is 1.